The number of nitrogens with zero attached hydrogens (tertiary/aromatic N) is 2. The van der Waals surface area contributed by atoms with Crippen LogP contribution in [0.2, 0.25) is 0 Å². The molecule has 22 heavy (non-hydrogen) atoms. The summed E-state index contributed by atoms with van der Waals surface area (Å²) in [5.41, 5.74) is 0.831. The van der Waals surface area contributed by atoms with Gasteiger partial charge in [-0.05, 0) is 18.2 Å². The van der Waals surface area contributed by atoms with Gasteiger partial charge in [0.05, 0.1) is 21.7 Å². The topological polar surface area (TPSA) is 77.3 Å². The number of nitro benzene ring substituents is 1. The van der Waals surface area contributed by atoms with E-state index in [1.54, 1.807) is 12.1 Å². The molecule has 0 aliphatic heterocycles. The van der Waals surface area contributed by atoms with Gasteiger partial charge < -0.3 is 10.1 Å². The summed E-state index contributed by atoms with van der Waals surface area (Å²) in [7, 11) is 0. The average molecular weight is 315 g/mol. The Morgan fingerprint density at radius 3 is 2.82 bits per heavy atom. The molecule has 0 spiro atoms. The van der Waals surface area contributed by atoms with E-state index in [4.69, 9.17) is 4.74 Å². The second kappa shape index (κ2) is 6.40. The molecule has 6 nitrogen and oxygen atoms in total. The molecule has 0 unspecified atom stereocenters. The molecular formula is C15H13N3O3S. The molecule has 1 aromatic heterocycles. The Labute approximate surface area is 130 Å². The largest absolute Gasteiger partial charge is 0.492 e. The maximum absolute atomic E-state index is 10.8. The zero-order valence-corrected chi connectivity index (χ0v) is 12.4. The third kappa shape index (κ3) is 3.32. The van der Waals surface area contributed by atoms with Gasteiger partial charge in [0.25, 0.3) is 5.69 Å². The van der Waals surface area contributed by atoms with Gasteiger partial charge in [0, 0.05) is 12.1 Å². The molecule has 0 saturated heterocycles. The number of rotatable bonds is 6. The van der Waals surface area contributed by atoms with Crippen molar-refractivity contribution >= 4 is 32.4 Å². The van der Waals surface area contributed by atoms with Crippen molar-refractivity contribution in [2.75, 3.05) is 18.5 Å². The Balaban J connectivity index is 1.58. The lowest BCUT2D eigenvalue weighted by Crippen LogP contribution is -2.11. The number of hydrogen-bond donors (Lipinski definition) is 1. The van der Waals surface area contributed by atoms with Gasteiger partial charge in [0.2, 0.25) is 0 Å². The highest BCUT2D eigenvalue weighted by atomic mass is 32.1. The molecule has 0 atom stereocenters. The first-order chi connectivity index (χ1) is 10.7. The number of nitrogens with one attached hydrogen (secondary N) is 1. The van der Waals surface area contributed by atoms with Crippen molar-refractivity contribution in [3.05, 3.63) is 58.6 Å². The van der Waals surface area contributed by atoms with Crippen molar-refractivity contribution in [2.45, 2.75) is 0 Å². The van der Waals surface area contributed by atoms with Crippen molar-refractivity contribution in [3.8, 4) is 5.75 Å². The minimum absolute atomic E-state index is 0.0788. The molecule has 0 aliphatic carbocycles. The SMILES string of the molecule is O=[N+]([O-])c1ccc2nc(NCCOc3ccccc3)sc2c1. The Morgan fingerprint density at radius 2 is 2.05 bits per heavy atom. The number of para-hydroxylation sites is 1. The van der Waals surface area contributed by atoms with Crippen molar-refractivity contribution in [3.63, 3.8) is 0 Å². The van der Waals surface area contributed by atoms with E-state index in [0.29, 0.717) is 13.2 Å². The number of ether oxygens (including phenoxy) is 1. The summed E-state index contributed by atoms with van der Waals surface area (Å²) in [5, 5.41) is 14.6. The summed E-state index contributed by atoms with van der Waals surface area (Å²) in [4.78, 5) is 14.7. The monoisotopic (exact) mass is 315 g/mol. The summed E-state index contributed by atoms with van der Waals surface area (Å²) >= 11 is 1.39. The second-order valence-corrected chi connectivity index (χ2v) is 5.55. The van der Waals surface area contributed by atoms with Crippen molar-refractivity contribution in [1.82, 2.24) is 4.98 Å². The van der Waals surface area contributed by atoms with Gasteiger partial charge in [-0.1, -0.05) is 29.5 Å². The molecule has 0 radical (unpaired) electrons. The molecular weight excluding hydrogens is 302 g/mol. The van der Waals surface area contributed by atoms with E-state index < -0.39 is 4.92 Å². The zero-order valence-electron chi connectivity index (χ0n) is 11.6. The second-order valence-electron chi connectivity index (χ2n) is 4.52. The third-order valence-corrected chi connectivity index (χ3v) is 3.95. The molecule has 0 amide bonds. The van der Waals surface area contributed by atoms with E-state index in [-0.39, 0.29) is 5.69 Å². The van der Waals surface area contributed by atoms with E-state index in [9.17, 15) is 10.1 Å². The van der Waals surface area contributed by atoms with Crippen LogP contribution in [0.3, 0.4) is 0 Å². The van der Waals surface area contributed by atoms with Gasteiger partial charge in [0.1, 0.15) is 12.4 Å². The maximum atomic E-state index is 10.8. The number of hydrogen-bond acceptors (Lipinski definition) is 6. The highest BCUT2D eigenvalue weighted by molar-refractivity contribution is 7.22. The lowest BCUT2D eigenvalue weighted by molar-refractivity contribution is -0.384. The van der Waals surface area contributed by atoms with Crippen molar-refractivity contribution < 1.29 is 9.66 Å². The fourth-order valence-electron chi connectivity index (χ4n) is 1.95. The van der Waals surface area contributed by atoms with Crippen LogP contribution in [0.4, 0.5) is 10.8 Å². The molecule has 1 N–H and O–H groups in total. The van der Waals surface area contributed by atoms with E-state index in [1.165, 1.54) is 17.4 Å². The minimum atomic E-state index is -0.403. The fraction of sp³-hybridized carbons (Fsp3) is 0.133. The van der Waals surface area contributed by atoms with Crippen LogP contribution >= 0.6 is 11.3 Å². The highest BCUT2D eigenvalue weighted by Gasteiger charge is 2.09. The van der Waals surface area contributed by atoms with Crippen LogP contribution in [0, 0.1) is 10.1 Å². The average Bonchev–Trinajstić information content (AvgIpc) is 2.94. The third-order valence-electron chi connectivity index (χ3n) is 2.97. The quantitative estimate of drug-likeness (QED) is 0.426. The van der Waals surface area contributed by atoms with Crippen LogP contribution in [0.1, 0.15) is 0 Å². The number of aromatic nitrogens is 1. The summed E-state index contributed by atoms with van der Waals surface area (Å²) < 4.78 is 6.37. The number of benzene rings is 2. The first-order valence-electron chi connectivity index (χ1n) is 6.69. The molecule has 0 aliphatic rings. The van der Waals surface area contributed by atoms with Crippen LogP contribution in [0.25, 0.3) is 10.2 Å². The van der Waals surface area contributed by atoms with Gasteiger partial charge in [-0.15, -0.1) is 0 Å². The van der Waals surface area contributed by atoms with Crippen LogP contribution < -0.4 is 10.1 Å². The lowest BCUT2D eigenvalue weighted by Gasteiger charge is -2.05. The molecule has 7 heteroatoms. The molecule has 2 aromatic carbocycles. The van der Waals surface area contributed by atoms with Crippen LogP contribution in [0.5, 0.6) is 5.75 Å². The Hall–Kier alpha value is -2.67. The first kappa shape index (κ1) is 14.3. The molecule has 0 saturated carbocycles. The van der Waals surface area contributed by atoms with E-state index >= 15 is 0 Å². The van der Waals surface area contributed by atoms with Crippen molar-refractivity contribution in [1.29, 1.82) is 0 Å². The zero-order chi connectivity index (χ0) is 15.4. The van der Waals surface area contributed by atoms with Gasteiger partial charge in [-0.2, -0.15) is 0 Å². The summed E-state index contributed by atoms with van der Waals surface area (Å²) in [5.74, 6) is 0.823. The number of nitro groups is 1. The predicted molar refractivity (Wildman–Crippen MR) is 86.7 cm³/mol. The smallest absolute Gasteiger partial charge is 0.270 e. The Bertz CT molecular complexity index is 789. The molecule has 3 aromatic rings. The summed E-state index contributed by atoms with van der Waals surface area (Å²) in [6.45, 7) is 1.12. The summed E-state index contributed by atoms with van der Waals surface area (Å²) in [6.07, 6.45) is 0. The lowest BCUT2D eigenvalue weighted by atomic mass is 10.3. The minimum Gasteiger partial charge on any atom is -0.492 e. The Morgan fingerprint density at radius 1 is 1.23 bits per heavy atom. The van der Waals surface area contributed by atoms with Crippen LogP contribution in [0.15, 0.2) is 48.5 Å². The van der Waals surface area contributed by atoms with Gasteiger partial charge in [-0.3, -0.25) is 10.1 Å². The first-order valence-corrected chi connectivity index (χ1v) is 7.51. The summed E-state index contributed by atoms with van der Waals surface area (Å²) in [6, 6.07) is 14.2. The van der Waals surface area contributed by atoms with Gasteiger partial charge in [0.15, 0.2) is 5.13 Å². The fourth-order valence-corrected chi connectivity index (χ4v) is 2.87. The van der Waals surface area contributed by atoms with Crippen molar-refractivity contribution in [2.24, 2.45) is 0 Å². The molecule has 0 fully saturated rings. The molecule has 0 bridgehead atoms. The van der Waals surface area contributed by atoms with Crippen LogP contribution in [-0.4, -0.2) is 23.1 Å². The van der Waals surface area contributed by atoms with E-state index in [2.05, 4.69) is 10.3 Å². The number of thiazole rings is 1. The normalized spacial score (nSPS) is 10.5. The predicted octanol–water partition coefficient (Wildman–Crippen LogP) is 3.70. The standard InChI is InChI=1S/C15H13N3O3S/c19-18(20)11-6-7-13-14(10-11)22-15(17-13)16-8-9-21-12-4-2-1-3-5-12/h1-7,10H,8-9H2,(H,16,17). The van der Waals surface area contributed by atoms with Crippen LogP contribution in [-0.2, 0) is 0 Å². The molecule has 112 valence electrons. The van der Waals surface area contributed by atoms with Gasteiger partial charge in [-0.25, -0.2) is 4.98 Å². The maximum Gasteiger partial charge on any atom is 0.270 e. The van der Waals surface area contributed by atoms with E-state index in [0.717, 1.165) is 21.1 Å². The number of fused-ring (bicyclic) bond motifs is 1. The number of anilines is 1. The highest BCUT2D eigenvalue weighted by Crippen LogP contribution is 2.28. The number of non-ortho nitro benzene ring substituents is 1. The van der Waals surface area contributed by atoms with E-state index in [1.807, 2.05) is 30.3 Å². The molecule has 3 rings (SSSR count). The molecule has 1 heterocycles. The Kier molecular flexibility index (Phi) is 4.15. The van der Waals surface area contributed by atoms with Gasteiger partial charge >= 0.3 is 0 Å².